The first-order chi connectivity index (χ1) is 4.83. The van der Waals surface area contributed by atoms with Crippen LogP contribution < -0.4 is 0 Å². The summed E-state index contributed by atoms with van der Waals surface area (Å²) in [7, 11) is -2.58. The van der Waals surface area contributed by atoms with E-state index in [2.05, 4.69) is 4.52 Å². The van der Waals surface area contributed by atoms with Crippen LogP contribution in [0.3, 0.4) is 0 Å². The monoisotopic (exact) mass is 181 g/mol. The predicted molar refractivity (Wildman–Crippen MR) is 41.3 cm³/mol. The summed E-state index contributed by atoms with van der Waals surface area (Å²) >= 11 is 0. The first-order valence-corrected chi connectivity index (χ1v) is 4.50. The molecule has 4 nitrogen and oxygen atoms in total. The van der Waals surface area contributed by atoms with Gasteiger partial charge in [0.05, 0.1) is 6.10 Å². The molecule has 0 aliphatic carbocycles. The topological polar surface area (TPSA) is 66.8 Å². The maximum atomic E-state index is 10.2. The highest BCUT2D eigenvalue weighted by molar-refractivity contribution is 7.32. The molecule has 0 rings (SSSR count). The molecule has 0 bridgehead atoms. The maximum Gasteiger partial charge on any atom is 0.695 e. The minimum absolute atomic E-state index is 0.342. The maximum absolute atomic E-state index is 10.2. The largest absolute Gasteiger partial charge is 0.695 e. The van der Waals surface area contributed by atoms with Crippen molar-refractivity contribution < 1.29 is 19.1 Å². The smallest absolute Gasteiger partial charge is 0.393 e. The summed E-state index contributed by atoms with van der Waals surface area (Å²) in [5.41, 5.74) is -0.740. The van der Waals surface area contributed by atoms with Gasteiger partial charge >= 0.3 is 8.25 Å². The van der Waals surface area contributed by atoms with Crippen LogP contribution >= 0.6 is 8.25 Å². The molecule has 0 aliphatic rings. The molecule has 0 saturated heterocycles. The van der Waals surface area contributed by atoms with Gasteiger partial charge in [-0.05, 0) is 20.8 Å². The minimum Gasteiger partial charge on any atom is -0.393 e. The normalized spacial score (nSPS) is 16.3. The highest BCUT2D eigenvalue weighted by Gasteiger charge is 2.31. The van der Waals surface area contributed by atoms with E-state index in [1.807, 2.05) is 0 Å². The van der Waals surface area contributed by atoms with Crippen LogP contribution in [-0.4, -0.2) is 21.7 Å². The van der Waals surface area contributed by atoms with Gasteiger partial charge in [-0.2, -0.15) is 0 Å². The summed E-state index contributed by atoms with van der Waals surface area (Å²) in [5, 5.41) is 8.94. The second-order valence-electron chi connectivity index (χ2n) is 3.14. The lowest BCUT2D eigenvalue weighted by Gasteiger charge is -2.17. The average molecular weight is 181 g/mol. The fourth-order valence-corrected chi connectivity index (χ4v) is 1.46. The fraction of sp³-hybridized carbons (Fsp3) is 1.00. The molecule has 0 aliphatic heterocycles. The molecule has 2 unspecified atom stereocenters. The number of aliphatic hydroxyl groups is 1. The van der Waals surface area contributed by atoms with E-state index in [4.69, 9.17) is 10.00 Å². The van der Waals surface area contributed by atoms with Crippen molar-refractivity contribution >= 4 is 8.25 Å². The second-order valence-corrected chi connectivity index (χ2v) is 3.80. The molecule has 0 amide bonds. The van der Waals surface area contributed by atoms with Gasteiger partial charge in [0.2, 0.25) is 0 Å². The summed E-state index contributed by atoms with van der Waals surface area (Å²) in [6.07, 6.45) is -0.186. The van der Waals surface area contributed by atoms with Crippen molar-refractivity contribution in [1.29, 1.82) is 0 Å². The fourth-order valence-electron chi connectivity index (χ4n) is 0.960. The number of rotatable bonds is 4. The molecule has 66 valence electrons. The Kier molecular flexibility index (Phi) is 4.11. The Balaban J connectivity index is 3.89. The van der Waals surface area contributed by atoms with Crippen molar-refractivity contribution in [2.24, 2.45) is 0 Å². The van der Waals surface area contributed by atoms with E-state index in [0.29, 0.717) is 6.42 Å². The van der Waals surface area contributed by atoms with E-state index in [9.17, 15) is 4.57 Å². The Morgan fingerprint density at radius 3 is 2.36 bits per heavy atom. The molecular formula is C6H14O4P+. The highest BCUT2D eigenvalue weighted by Crippen LogP contribution is 2.28. The Labute approximate surface area is 67.1 Å². The molecule has 0 saturated carbocycles. The Morgan fingerprint density at radius 1 is 1.64 bits per heavy atom. The van der Waals surface area contributed by atoms with E-state index in [0.717, 1.165) is 0 Å². The lowest BCUT2D eigenvalue weighted by atomic mass is 10.0. The summed E-state index contributed by atoms with van der Waals surface area (Å²) in [5.74, 6) is 0. The lowest BCUT2D eigenvalue weighted by molar-refractivity contribution is 0.0435. The van der Waals surface area contributed by atoms with Gasteiger partial charge in [0.1, 0.15) is 5.60 Å². The molecule has 2 N–H and O–H groups in total. The molecule has 0 fully saturated rings. The molecule has 0 aromatic heterocycles. The summed E-state index contributed by atoms with van der Waals surface area (Å²) in [6, 6.07) is 0. The van der Waals surface area contributed by atoms with Crippen LogP contribution in [0.25, 0.3) is 0 Å². The second kappa shape index (κ2) is 4.12. The van der Waals surface area contributed by atoms with Gasteiger partial charge in [-0.1, -0.05) is 0 Å². The standard InChI is InChI=1S/C6H13O4P/c1-5(7)4-6(2,3)10-11(8)9/h5,7H,4H2,1-3H3/p+1. The summed E-state index contributed by atoms with van der Waals surface area (Å²) < 4.78 is 14.9. The van der Waals surface area contributed by atoms with Crippen molar-refractivity contribution in [3.05, 3.63) is 0 Å². The van der Waals surface area contributed by atoms with E-state index in [1.54, 1.807) is 20.8 Å². The van der Waals surface area contributed by atoms with Crippen LogP contribution in [0.5, 0.6) is 0 Å². The first-order valence-electron chi connectivity index (χ1n) is 3.37. The van der Waals surface area contributed by atoms with E-state index >= 15 is 0 Å². The van der Waals surface area contributed by atoms with Gasteiger partial charge in [-0.15, -0.1) is 9.42 Å². The van der Waals surface area contributed by atoms with Gasteiger partial charge in [0.25, 0.3) is 0 Å². The van der Waals surface area contributed by atoms with Crippen molar-refractivity contribution in [2.75, 3.05) is 0 Å². The third-order valence-electron chi connectivity index (χ3n) is 1.11. The van der Waals surface area contributed by atoms with Gasteiger partial charge in [-0.3, -0.25) is 0 Å². The van der Waals surface area contributed by atoms with Gasteiger partial charge in [0, 0.05) is 11.0 Å². The van der Waals surface area contributed by atoms with Gasteiger partial charge in [0.15, 0.2) is 0 Å². The number of aliphatic hydroxyl groups excluding tert-OH is 1. The quantitative estimate of drug-likeness (QED) is 0.639. The van der Waals surface area contributed by atoms with E-state index < -0.39 is 20.0 Å². The molecule has 5 heteroatoms. The van der Waals surface area contributed by atoms with Gasteiger partial charge in [-0.25, -0.2) is 0 Å². The highest BCUT2D eigenvalue weighted by atomic mass is 31.1. The molecule has 0 radical (unpaired) electrons. The molecule has 0 spiro atoms. The zero-order chi connectivity index (χ0) is 9.07. The molecule has 11 heavy (non-hydrogen) atoms. The minimum atomic E-state index is -2.58. The SMILES string of the molecule is CC(O)CC(C)(C)O[P+](=O)O. The van der Waals surface area contributed by atoms with E-state index in [1.165, 1.54) is 0 Å². The molecule has 0 heterocycles. The summed E-state index contributed by atoms with van der Waals surface area (Å²) in [4.78, 5) is 8.41. The van der Waals surface area contributed by atoms with Gasteiger partial charge < -0.3 is 5.11 Å². The Hall–Kier alpha value is -0.0200. The van der Waals surface area contributed by atoms with Crippen LogP contribution in [0.4, 0.5) is 0 Å². The molecule has 0 aromatic rings. The molecular weight excluding hydrogens is 167 g/mol. The van der Waals surface area contributed by atoms with Crippen LogP contribution in [0.1, 0.15) is 27.2 Å². The number of hydrogen-bond acceptors (Lipinski definition) is 3. The van der Waals surface area contributed by atoms with Crippen LogP contribution in [0.2, 0.25) is 0 Å². The van der Waals surface area contributed by atoms with Crippen LogP contribution in [-0.2, 0) is 9.09 Å². The Bertz CT molecular complexity index is 144. The lowest BCUT2D eigenvalue weighted by Crippen LogP contribution is -2.26. The predicted octanol–water partition coefficient (Wildman–Crippen LogP) is 1.20. The van der Waals surface area contributed by atoms with Crippen molar-refractivity contribution in [3.63, 3.8) is 0 Å². The first kappa shape index (κ1) is 11.0. The average Bonchev–Trinajstić information content (AvgIpc) is 1.53. The molecule has 2 atom stereocenters. The zero-order valence-corrected chi connectivity index (χ0v) is 7.84. The Morgan fingerprint density at radius 2 is 2.09 bits per heavy atom. The van der Waals surface area contributed by atoms with E-state index in [-0.39, 0.29) is 0 Å². The van der Waals surface area contributed by atoms with Crippen molar-refractivity contribution in [3.8, 4) is 0 Å². The van der Waals surface area contributed by atoms with Crippen LogP contribution in [0, 0.1) is 0 Å². The number of hydrogen-bond donors (Lipinski definition) is 2. The van der Waals surface area contributed by atoms with Crippen LogP contribution in [0.15, 0.2) is 0 Å². The zero-order valence-electron chi connectivity index (χ0n) is 6.94. The third-order valence-corrected chi connectivity index (χ3v) is 1.76. The van der Waals surface area contributed by atoms with Crippen molar-refractivity contribution in [1.82, 2.24) is 0 Å². The summed E-state index contributed by atoms with van der Waals surface area (Å²) in [6.45, 7) is 4.92. The van der Waals surface area contributed by atoms with Crippen molar-refractivity contribution in [2.45, 2.75) is 38.9 Å². The third kappa shape index (κ3) is 6.38. The molecule has 0 aromatic carbocycles.